The van der Waals surface area contributed by atoms with Crippen molar-refractivity contribution in [2.75, 3.05) is 6.61 Å². The first-order valence-corrected chi connectivity index (χ1v) is 6.56. The number of sulfonamides is 1. The number of ether oxygens (including phenoxy) is 1. The zero-order chi connectivity index (χ0) is 12.9. The molecule has 94 valence electrons. The highest BCUT2D eigenvalue weighted by molar-refractivity contribution is 7.89. The molecule has 0 bridgehead atoms. The molecule has 0 aliphatic rings. The maximum atomic E-state index is 13.4. The van der Waals surface area contributed by atoms with Gasteiger partial charge in [0.1, 0.15) is 0 Å². The molecule has 1 aromatic carbocycles. The van der Waals surface area contributed by atoms with Crippen LogP contribution in [0.15, 0.2) is 35.7 Å². The minimum absolute atomic E-state index is 0.0152. The van der Waals surface area contributed by atoms with Crippen LogP contribution in [-0.2, 0) is 10.0 Å². The van der Waals surface area contributed by atoms with Gasteiger partial charge < -0.3 is 4.74 Å². The van der Waals surface area contributed by atoms with Crippen LogP contribution in [0, 0.1) is 5.82 Å². The van der Waals surface area contributed by atoms with Gasteiger partial charge in [-0.15, -0.1) is 6.58 Å². The summed E-state index contributed by atoms with van der Waals surface area (Å²) >= 11 is 0. The lowest BCUT2D eigenvalue weighted by Crippen LogP contribution is -2.12. The van der Waals surface area contributed by atoms with E-state index in [4.69, 9.17) is 9.88 Å². The summed E-state index contributed by atoms with van der Waals surface area (Å²) in [4.78, 5) is -0.270. The average molecular weight is 259 g/mol. The van der Waals surface area contributed by atoms with Crippen molar-refractivity contribution in [3.05, 3.63) is 36.7 Å². The SMILES string of the molecule is C=CCCCOc1ccc(S(N)(=O)=O)cc1F. The van der Waals surface area contributed by atoms with E-state index in [1.165, 1.54) is 12.1 Å². The molecule has 0 amide bonds. The van der Waals surface area contributed by atoms with Crippen LogP contribution in [-0.4, -0.2) is 15.0 Å². The number of benzene rings is 1. The van der Waals surface area contributed by atoms with Gasteiger partial charge in [0, 0.05) is 0 Å². The van der Waals surface area contributed by atoms with Crippen LogP contribution in [0.5, 0.6) is 5.75 Å². The van der Waals surface area contributed by atoms with E-state index in [0.29, 0.717) is 6.61 Å². The minimum Gasteiger partial charge on any atom is -0.491 e. The topological polar surface area (TPSA) is 69.4 Å². The second-order valence-electron chi connectivity index (χ2n) is 3.42. The lowest BCUT2D eigenvalue weighted by Gasteiger charge is -2.07. The summed E-state index contributed by atoms with van der Waals surface area (Å²) in [5.74, 6) is -0.725. The van der Waals surface area contributed by atoms with Crippen molar-refractivity contribution in [2.24, 2.45) is 5.14 Å². The van der Waals surface area contributed by atoms with Gasteiger partial charge in [0.25, 0.3) is 0 Å². The van der Waals surface area contributed by atoms with E-state index in [-0.39, 0.29) is 10.6 Å². The third kappa shape index (κ3) is 4.16. The van der Waals surface area contributed by atoms with E-state index in [9.17, 15) is 12.8 Å². The van der Waals surface area contributed by atoms with E-state index in [1.54, 1.807) is 6.08 Å². The van der Waals surface area contributed by atoms with E-state index in [0.717, 1.165) is 18.9 Å². The molecule has 0 atom stereocenters. The summed E-state index contributed by atoms with van der Waals surface area (Å²) in [5, 5.41) is 4.87. The van der Waals surface area contributed by atoms with Crippen molar-refractivity contribution in [3.63, 3.8) is 0 Å². The second-order valence-corrected chi connectivity index (χ2v) is 4.98. The normalized spacial score (nSPS) is 11.2. The van der Waals surface area contributed by atoms with E-state index < -0.39 is 15.8 Å². The molecular weight excluding hydrogens is 245 g/mol. The van der Waals surface area contributed by atoms with E-state index in [2.05, 4.69) is 6.58 Å². The van der Waals surface area contributed by atoms with Crippen molar-refractivity contribution < 1.29 is 17.5 Å². The molecule has 17 heavy (non-hydrogen) atoms. The van der Waals surface area contributed by atoms with Crippen LogP contribution in [0.4, 0.5) is 4.39 Å². The summed E-state index contributed by atoms with van der Waals surface area (Å²) in [6.07, 6.45) is 3.24. The number of nitrogens with two attached hydrogens (primary N) is 1. The van der Waals surface area contributed by atoms with Gasteiger partial charge >= 0.3 is 0 Å². The van der Waals surface area contributed by atoms with Crippen LogP contribution in [0.25, 0.3) is 0 Å². The van der Waals surface area contributed by atoms with Gasteiger partial charge in [-0.1, -0.05) is 6.08 Å². The molecule has 2 N–H and O–H groups in total. The number of primary sulfonamides is 1. The Labute approximate surface area is 99.9 Å². The summed E-state index contributed by atoms with van der Waals surface area (Å²) in [5.41, 5.74) is 0. The Bertz CT molecular complexity index is 499. The van der Waals surface area contributed by atoms with Crippen molar-refractivity contribution >= 4 is 10.0 Å². The maximum absolute atomic E-state index is 13.4. The Balaban J connectivity index is 2.73. The Morgan fingerprint density at radius 3 is 2.71 bits per heavy atom. The molecule has 0 saturated heterocycles. The van der Waals surface area contributed by atoms with Gasteiger partial charge in [0.2, 0.25) is 10.0 Å². The molecule has 4 nitrogen and oxygen atoms in total. The summed E-state index contributed by atoms with van der Waals surface area (Å²) in [6.45, 7) is 3.90. The van der Waals surface area contributed by atoms with Gasteiger partial charge in [-0.25, -0.2) is 17.9 Å². The molecule has 0 saturated carbocycles. The van der Waals surface area contributed by atoms with E-state index in [1.807, 2.05) is 0 Å². The summed E-state index contributed by atoms with van der Waals surface area (Å²) < 4.78 is 40.5. The largest absolute Gasteiger partial charge is 0.491 e. The van der Waals surface area contributed by atoms with Gasteiger partial charge in [-0.2, -0.15) is 0 Å². The number of allylic oxidation sites excluding steroid dienone is 1. The second kappa shape index (κ2) is 5.79. The standard InChI is InChI=1S/C11H14FNO3S/c1-2-3-4-7-16-11-6-5-9(8-10(11)12)17(13,14)15/h2,5-6,8H,1,3-4,7H2,(H2,13,14,15). The minimum atomic E-state index is -3.88. The molecule has 0 unspecified atom stereocenters. The average Bonchev–Trinajstić information content (AvgIpc) is 2.24. The Kier molecular flexibility index (Phi) is 4.65. The van der Waals surface area contributed by atoms with Gasteiger partial charge in [0.05, 0.1) is 11.5 Å². The van der Waals surface area contributed by atoms with Gasteiger partial charge in [-0.3, -0.25) is 0 Å². The molecule has 0 fully saturated rings. The monoisotopic (exact) mass is 259 g/mol. The third-order valence-electron chi connectivity index (χ3n) is 2.04. The van der Waals surface area contributed by atoms with Crippen molar-refractivity contribution in [3.8, 4) is 5.75 Å². The molecule has 0 aliphatic heterocycles. The highest BCUT2D eigenvalue weighted by Crippen LogP contribution is 2.20. The highest BCUT2D eigenvalue weighted by Gasteiger charge is 2.11. The molecular formula is C11H14FNO3S. The van der Waals surface area contributed by atoms with Crippen LogP contribution in [0.3, 0.4) is 0 Å². The van der Waals surface area contributed by atoms with Gasteiger partial charge in [0.15, 0.2) is 11.6 Å². The van der Waals surface area contributed by atoms with Crippen LogP contribution < -0.4 is 9.88 Å². The molecule has 0 aromatic heterocycles. The third-order valence-corrected chi connectivity index (χ3v) is 2.95. The van der Waals surface area contributed by atoms with Crippen molar-refractivity contribution in [1.29, 1.82) is 0 Å². The van der Waals surface area contributed by atoms with Crippen molar-refractivity contribution in [2.45, 2.75) is 17.7 Å². The molecule has 0 spiro atoms. The van der Waals surface area contributed by atoms with Crippen LogP contribution in [0.1, 0.15) is 12.8 Å². The molecule has 6 heteroatoms. The Morgan fingerprint density at radius 1 is 1.47 bits per heavy atom. The predicted octanol–water partition coefficient (Wildman–Crippen LogP) is 1.82. The summed E-state index contributed by atoms with van der Waals surface area (Å²) in [7, 11) is -3.88. The molecule has 1 rings (SSSR count). The number of rotatable bonds is 6. The molecule has 1 aromatic rings. The lowest BCUT2D eigenvalue weighted by molar-refractivity contribution is 0.296. The zero-order valence-electron chi connectivity index (χ0n) is 9.23. The van der Waals surface area contributed by atoms with Crippen LogP contribution in [0.2, 0.25) is 0 Å². The van der Waals surface area contributed by atoms with E-state index >= 15 is 0 Å². The fourth-order valence-electron chi connectivity index (χ4n) is 1.19. The first kappa shape index (κ1) is 13.7. The lowest BCUT2D eigenvalue weighted by atomic mass is 10.3. The quantitative estimate of drug-likeness (QED) is 0.625. The number of hydrogen-bond donors (Lipinski definition) is 1. The highest BCUT2D eigenvalue weighted by atomic mass is 32.2. The fraction of sp³-hybridized carbons (Fsp3) is 0.273. The molecule has 0 radical (unpaired) electrons. The fourth-order valence-corrected chi connectivity index (χ4v) is 1.71. The number of unbranched alkanes of at least 4 members (excludes halogenated alkanes) is 1. The summed E-state index contributed by atoms with van der Waals surface area (Å²) in [6, 6.07) is 3.31. The van der Waals surface area contributed by atoms with Gasteiger partial charge in [-0.05, 0) is 31.0 Å². The first-order valence-electron chi connectivity index (χ1n) is 5.01. The number of halogens is 1. The van der Waals surface area contributed by atoms with Crippen molar-refractivity contribution in [1.82, 2.24) is 0 Å². The Hall–Kier alpha value is -1.40. The number of hydrogen-bond acceptors (Lipinski definition) is 3. The van der Waals surface area contributed by atoms with Crippen LogP contribution >= 0.6 is 0 Å². The zero-order valence-corrected chi connectivity index (χ0v) is 10.0. The molecule has 0 aliphatic carbocycles. The smallest absolute Gasteiger partial charge is 0.238 e. The maximum Gasteiger partial charge on any atom is 0.238 e. The first-order chi connectivity index (χ1) is 7.95. The predicted molar refractivity (Wildman–Crippen MR) is 62.7 cm³/mol. The Morgan fingerprint density at radius 2 is 2.18 bits per heavy atom. The molecule has 0 heterocycles.